The van der Waals surface area contributed by atoms with E-state index in [9.17, 15) is 18.0 Å². The van der Waals surface area contributed by atoms with Gasteiger partial charge in [0.05, 0.1) is 0 Å². The van der Waals surface area contributed by atoms with Gasteiger partial charge in [0.25, 0.3) is 5.91 Å². The number of carbonyl (C=O) groups excluding carboxylic acids is 1. The number of nitrogens with zero attached hydrogens (tertiary/aromatic N) is 3. The molecule has 1 atom stereocenters. The summed E-state index contributed by atoms with van der Waals surface area (Å²) in [7, 11) is 1.54. The van der Waals surface area contributed by atoms with Gasteiger partial charge in [0.15, 0.2) is 5.54 Å². The Morgan fingerprint density at radius 3 is 2.57 bits per heavy atom. The van der Waals surface area contributed by atoms with Crippen molar-refractivity contribution in [1.82, 2.24) is 14.7 Å². The van der Waals surface area contributed by atoms with Gasteiger partial charge in [0.2, 0.25) is 0 Å². The topological polar surface area (TPSA) is 38.1 Å². The second kappa shape index (κ2) is 5.11. The number of amides is 1. The molecular weight excluding hydrogens is 307 g/mol. The molecule has 7 heteroatoms. The Bertz CT molecular complexity index is 753. The molecule has 0 radical (unpaired) electrons. The molecule has 4 nitrogen and oxygen atoms in total. The van der Waals surface area contributed by atoms with E-state index in [-0.39, 0.29) is 17.8 Å². The standard InChI is InChI=1S/C16H16F3N3O/c1-15(16(17,18)19)12-6-4-3-5-11(12)8-10-22(15)14(23)13-7-9-20-21(13)2/h3-7,9H,8,10H2,1-2H3/t15-/m1/s1. The van der Waals surface area contributed by atoms with E-state index in [4.69, 9.17) is 0 Å². The quantitative estimate of drug-likeness (QED) is 0.809. The molecule has 0 bridgehead atoms. The summed E-state index contributed by atoms with van der Waals surface area (Å²) in [6.07, 6.45) is -2.79. The van der Waals surface area contributed by atoms with Gasteiger partial charge in [0, 0.05) is 19.8 Å². The number of halogens is 3. The van der Waals surface area contributed by atoms with Gasteiger partial charge in [-0.25, -0.2) is 0 Å². The first-order valence-electron chi connectivity index (χ1n) is 7.22. The predicted molar refractivity (Wildman–Crippen MR) is 77.8 cm³/mol. The Morgan fingerprint density at radius 1 is 1.26 bits per heavy atom. The van der Waals surface area contributed by atoms with Crippen LogP contribution in [0, 0.1) is 0 Å². The number of fused-ring (bicyclic) bond motifs is 1. The summed E-state index contributed by atoms with van der Waals surface area (Å²) in [5.74, 6) is -0.667. The minimum absolute atomic E-state index is 0.0109. The molecule has 0 N–H and O–H groups in total. The van der Waals surface area contributed by atoms with E-state index in [0.29, 0.717) is 12.0 Å². The fourth-order valence-corrected chi connectivity index (χ4v) is 3.15. The third kappa shape index (κ3) is 2.22. The second-order valence-electron chi connectivity index (χ2n) is 5.77. The summed E-state index contributed by atoms with van der Waals surface area (Å²) in [5.41, 5.74) is -1.46. The molecule has 3 rings (SSSR count). The molecule has 1 aliphatic rings. The van der Waals surface area contributed by atoms with Gasteiger partial charge in [0.1, 0.15) is 5.69 Å². The van der Waals surface area contributed by atoms with E-state index in [0.717, 1.165) is 11.8 Å². The highest BCUT2D eigenvalue weighted by Gasteiger charge is 2.59. The van der Waals surface area contributed by atoms with Gasteiger partial charge < -0.3 is 4.90 Å². The molecule has 0 fully saturated rings. The Hall–Kier alpha value is -2.31. The number of hydrogen-bond donors (Lipinski definition) is 0. The first kappa shape index (κ1) is 15.6. The summed E-state index contributed by atoms with van der Waals surface area (Å²) in [6.45, 7) is 1.08. The average molecular weight is 323 g/mol. The highest BCUT2D eigenvalue weighted by Crippen LogP contribution is 2.47. The van der Waals surface area contributed by atoms with Crippen LogP contribution in [0.25, 0.3) is 0 Å². The number of carbonyl (C=O) groups is 1. The highest BCUT2D eigenvalue weighted by molar-refractivity contribution is 5.93. The predicted octanol–water partition coefficient (Wildman–Crippen LogP) is 2.90. The van der Waals surface area contributed by atoms with Crippen LogP contribution in [0.2, 0.25) is 0 Å². The second-order valence-corrected chi connectivity index (χ2v) is 5.77. The van der Waals surface area contributed by atoms with Crippen molar-refractivity contribution >= 4 is 5.91 Å². The summed E-state index contributed by atoms with van der Waals surface area (Å²) < 4.78 is 43.1. The summed E-state index contributed by atoms with van der Waals surface area (Å²) >= 11 is 0. The first-order chi connectivity index (χ1) is 10.8. The molecule has 2 heterocycles. The molecule has 0 spiro atoms. The van der Waals surface area contributed by atoms with Crippen molar-refractivity contribution < 1.29 is 18.0 Å². The molecule has 0 saturated carbocycles. The summed E-state index contributed by atoms with van der Waals surface area (Å²) in [6, 6.07) is 7.85. The Morgan fingerprint density at radius 2 is 1.96 bits per heavy atom. The SMILES string of the molecule is Cn1nccc1C(=O)N1CCc2ccccc2[C@]1(C)C(F)(F)F. The Balaban J connectivity index is 2.15. The third-order valence-corrected chi connectivity index (χ3v) is 4.52. The fourth-order valence-electron chi connectivity index (χ4n) is 3.15. The van der Waals surface area contributed by atoms with Gasteiger partial charge in [-0.2, -0.15) is 18.3 Å². The molecule has 2 aromatic rings. The van der Waals surface area contributed by atoms with E-state index >= 15 is 0 Å². The average Bonchev–Trinajstić information content (AvgIpc) is 2.92. The van der Waals surface area contributed by atoms with Crippen LogP contribution in [0.5, 0.6) is 0 Å². The van der Waals surface area contributed by atoms with Crippen molar-refractivity contribution in [3.05, 3.63) is 53.3 Å². The maximum Gasteiger partial charge on any atom is 0.415 e. The van der Waals surface area contributed by atoms with Crippen LogP contribution in [0.3, 0.4) is 0 Å². The van der Waals surface area contributed by atoms with Crippen molar-refractivity contribution in [2.75, 3.05) is 6.54 Å². The fraction of sp³-hybridized carbons (Fsp3) is 0.375. The molecule has 0 saturated heterocycles. The van der Waals surface area contributed by atoms with Crippen molar-refractivity contribution in [2.24, 2.45) is 7.05 Å². The van der Waals surface area contributed by atoms with E-state index < -0.39 is 17.6 Å². The largest absolute Gasteiger partial charge is 0.415 e. The first-order valence-corrected chi connectivity index (χ1v) is 7.22. The number of aromatic nitrogens is 2. The smallest absolute Gasteiger partial charge is 0.319 e. The number of hydrogen-bond acceptors (Lipinski definition) is 2. The van der Waals surface area contributed by atoms with Crippen molar-refractivity contribution in [1.29, 1.82) is 0 Å². The number of alkyl halides is 3. The van der Waals surface area contributed by atoms with Crippen LogP contribution >= 0.6 is 0 Å². The highest BCUT2D eigenvalue weighted by atomic mass is 19.4. The number of benzene rings is 1. The van der Waals surface area contributed by atoms with Gasteiger partial charge >= 0.3 is 6.18 Å². The summed E-state index contributed by atoms with van der Waals surface area (Å²) in [4.78, 5) is 13.6. The number of aryl methyl sites for hydroxylation is 1. The van der Waals surface area contributed by atoms with Gasteiger partial charge in [-0.05, 0) is 30.5 Å². The maximum absolute atomic E-state index is 13.9. The number of rotatable bonds is 1. The zero-order valence-corrected chi connectivity index (χ0v) is 12.8. The van der Waals surface area contributed by atoms with Crippen LogP contribution < -0.4 is 0 Å². The lowest BCUT2D eigenvalue weighted by molar-refractivity contribution is -0.225. The zero-order valence-electron chi connectivity index (χ0n) is 12.8. The van der Waals surface area contributed by atoms with Gasteiger partial charge in [-0.3, -0.25) is 9.48 Å². The maximum atomic E-state index is 13.9. The van der Waals surface area contributed by atoms with E-state index in [1.165, 1.54) is 30.1 Å². The van der Waals surface area contributed by atoms with Crippen LogP contribution in [0.15, 0.2) is 36.5 Å². The minimum atomic E-state index is -4.59. The molecule has 0 unspecified atom stereocenters. The van der Waals surface area contributed by atoms with Crippen molar-refractivity contribution in [3.63, 3.8) is 0 Å². The van der Waals surface area contributed by atoms with Crippen LogP contribution in [0.4, 0.5) is 13.2 Å². The molecule has 1 aromatic heterocycles. The Kier molecular flexibility index (Phi) is 3.46. The normalized spacial score (nSPS) is 21.2. The van der Waals surface area contributed by atoms with Crippen molar-refractivity contribution in [3.8, 4) is 0 Å². The van der Waals surface area contributed by atoms with Crippen LogP contribution in [0.1, 0.15) is 28.5 Å². The van der Waals surface area contributed by atoms with Crippen LogP contribution in [-0.2, 0) is 19.0 Å². The Labute approximate surface area is 131 Å². The monoisotopic (exact) mass is 323 g/mol. The lowest BCUT2D eigenvalue weighted by Gasteiger charge is -2.46. The molecule has 1 aromatic carbocycles. The summed E-state index contributed by atoms with van der Waals surface area (Å²) in [5, 5.41) is 3.87. The van der Waals surface area contributed by atoms with E-state index in [2.05, 4.69) is 5.10 Å². The third-order valence-electron chi connectivity index (χ3n) is 4.52. The van der Waals surface area contributed by atoms with Gasteiger partial charge in [-0.1, -0.05) is 24.3 Å². The minimum Gasteiger partial charge on any atom is -0.319 e. The van der Waals surface area contributed by atoms with Gasteiger partial charge in [-0.15, -0.1) is 0 Å². The van der Waals surface area contributed by atoms with E-state index in [1.807, 2.05) is 0 Å². The van der Waals surface area contributed by atoms with Crippen LogP contribution in [-0.4, -0.2) is 33.3 Å². The van der Waals surface area contributed by atoms with E-state index in [1.54, 1.807) is 18.2 Å². The molecule has 23 heavy (non-hydrogen) atoms. The molecule has 1 aliphatic heterocycles. The molecule has 1 amide bonds. The van der Waals surface area contributed by atoms with Crippen molar-refractivity contribution in [2.45, 2.75) is 25.1 Å². The molecular formula is C16H16F3N3O. The lowest BCUT2D eigenvalue weighted by Crippen LogP contribution is -2.59. The molecule has 122 valence electrons. The lowest BCUT2D eigenvalue weighted by atomic mass is 9.81. The zero-order chi connectivity index (χ0) is 16.8. The molecule has 0 aliphatic carbocycles.